The number of aromatic nitrogens is 2. The van der Waals surface area contributed by atoms with Gasteiger partial charge in [0.25, 0.3) is 6.43 Å². The quantitative estimate of drug-likeness (QED) is 0.232. The van der Waals surface area contributed by atoms with Crippen LogP contribution in [-0.4, -0.2) is 82.4 Å². The van der Waals surface area contributed by atoms with E-state index in [0.29, 0.717) is 25.4 Å². The van der Waals surface area contributed by atoms with Crippen molar-refractivity contribution in [2.45, 2.75) is 88.5 Å². The number of cyclic esters (lactones) is 1. The number of piperidine rings is 2. The fraction of sp³-hybridized carbons (Fsp3) is 0.588. The summed E-state index contributed by atoms with van der Waals surface area (Å²) >= 11 is 0. The molecule has 3 amide bonds. The van der Waals surface area contributed by atoms with Crippen molar-refractivity contribution in [3.05, 3.63) is 47.3 Å². The molecule has 1 aliphatic carbocycles. The van der Waals surface area contributed by atoms with E-state index in [2.05, 4.69) is 27.2 Å². The predicted octanol–water partition coefficient (Wildman–Crippen LogP) is 4.36. The Morgan fingerprint density at radius 2 is 1.79 bits per heavy atom. The van der Waals surface area contributed by atoms with Crippen LogP contribution in [0.25, 0.3) is 0 Å². The zero-order valence-corrected chi connectivity index (χ0v) is 26.4. The smallest absolute Gasteiger partial charge is 0.411 e. The topological polar surface area (TPSA) is 132 Å². The van der Waals surface area contributed by atoms with Gasteiger partial charge in [-0.25, -0.2) is 13.6 Å². The fourth-order valence-corrected chi connectivity index (χ4v) is 7.10. The van der Waals surface area contributed by atoms with Gasteiger partial charge < -0.3 is 20.1 Å². The van der Waals surface area contributed by atoms with Gasteiger partial charge in [0.2, 0.25) is 11.8 Å². The molecule has 0 radical (unpaired) electrons. The minimum absolute atomic E-state index is 0.0730. The minimum atomic E-state index is -2.64. The maximum absolute atomic E-state index is 13.0. The van der Waals surface area contributed by atoms with E-state index in [9.17, 15) is 23.2 Å². The van der Waals surface area contributed by atoms with Gasteiger partial charge in [0.1, 0.15) is 12.1 Å². The highest BCUT2D eigenvalue weighted by Gasteiger charge is 2.42. The fourth-order valence-electron chi connectivity index (χ4n) is 7.10. The average Bonchev–Trinajstić information content (AvgIpc) is 3.65. The molecule has 13 heteroatoms. The molecular formula is C34H42F2N6O5. The summed E-state index contributed by atoms with van der Waals surface area (Å²) < 4.78 is 39.4. The zero-order valence-electron chi connectivity index (χ0n) is 26.4. The molecular weight excluding hydrogens is 610 g/mol. The molecule has 2 aromatic rings. The first kappa shape index (κ1) is 32.9. The van der Waals surface area contributed by atoms with Crippen LogP contribution in [0.2, 0.25) is 0 Å². The van der Waals surface area contributed by atoms with Crippen molar-refractivity contribution in [1.82, 2.24) is 24.9 Å². The second kappa shape index (κ2) is 14.8. The van der Waals surface area contributed by atoms with Gasteiger partial charge in [-0.15, -0.1) is 0 Å². The van der Waals surface area contributed by atoms with Crippen LogP contribution in [0.3, 0.4) is 0 Å². The third-order valence-electron chi connectivity index (χ3n) is 9.76. The second-order valence-corrected chi connectivity index (χ2v) is 13.0. The molecule has 3 N–H and O–H groups in total. The van der Waals surface area contributed by atoms with Crippen molar-refractivity contribution >= 4 is 23.6 Å². The molecule has 252 valence electrons. The number of amides is 3. The summed E-state index contributed by atoms with van der Waals surface area (Å²) in [4.78, 5) is 40.0. The van der Waals surface area contributed by atoms with Crippen LogP contribution >= 0.6 is 0 Å². The Labute approximate surface area is 273 Å². The molecule has 3 saturated heterocycles. The number of hydrogen-bond acceptors (Lipinski definition) is 8. The van der Waals surface area contributed by atoms with E-state index in [1.165, 1.54) is 4.90 Å². The number of nitrogens with zero attached hydrogens (tertiary/aromatic N) is 4. The van der Waals surface area contributed by atoms with Crippen LogP contribution < -0.4 is 11.1 Å². The van der Waals surface area contributed by atoms with Crippen LogP contribution in [0.5, 0.6) is 0 Å². The number of likely N-dealkylation sites (tertiary alicyclic amines) is 1. The third-order valence-corrected chi connectivity index (χ3v) is 9.76. The summed E-state index contributed by atoms with van der Waals surface area (Å²) in [5.41, 5.74) is 7.16. The zero-order chi connectivity index (χ0) is 32.9. The summed E-state index contributed by atoms with van der Waals surface area (Å²) in [5.74, 6) is 6.18. The molecule has 47 heavy (non-hydrogen) atoms. The molecule has 4 fully saturated rings. The summed E-state index contributed by atoms with van der Waals surface area (Å²) in [7, 11) is 0. The normalized spacial score (nSPS) is 25.9. The molecule has 1 aromatic heterocycles. The lowest BCUT2D eigenvalue weighted by Gasteiger charge is -2.36. The van der Waals surface area contributed by atoms with Crippen molar-refractivity contribution in [3.63, 3.8) is 0 Å². The Morgan fingerprint density at radius 3 is 2.47 bits per heavy atom. The van der Waals surface area contributed by atoms with Gasteiger partial charge in [-0.1, -0.05) is 24.0 Å². The number of carbonyl (C=O) groups is 3. The van der Waals surface area contributed by atoms with Crippen molar-refractivity contribution in [3.8, 4) is 11.8 Å². The van der Waals surface area contributed by atoms with Gasteiger partial charge in [-0.3, -0.25) is 24.5 Å². The van der Waals surface area contributed by atoms with E-state index >= 15 is 0 Å². The molecule has 11 nitrogen and oxygen atoms in total. The number of anilines is 1. The summed E-state index contributed by atoms with van der Waals surface area (Å²) in [6.45, 7) is 3.92. The Hall–Kier alpha value is -4.02. The Bertz CT molecular complexity index is 1490. The Morgan fingerprint density at radius 1 is 1.04 bits per heavy atom. The number of nitrogens with two attached hydrogens (primary N) is 1. The van der Waals surface area contributed by atoms with Crippen molar-refractivity contribution in [2.75, 3.05) is 38.5 Å². The van der Waals surface area contributed by atoms with Crippen LogP contribution in [0.4, 0.5) is 19.3 Å². The monoisotopic (exact) mass is 652 g/mol. The van der Waals surface area contributed by atoms with Crippen LogP contribution in [0.1, 0.15) is 93.2 Å². The predicted molar refractivity (Wildman–Crippen MR) is 168 cm³/mol. The first-order chi connectivity index (χ1) is 22.7. The minimum Gasteiger partial charge on any atom is -0.439 e. The van der Waals surface area contributed by atoms with Crippen molar-refractivity contribution < 1.29 is 32.6 Å². The summed E-state index contributed by atoms with van der Waals surface area (Å²) in [6, 6.07) is 7.00. The number of ether oxygens (including phenoxy) is 2. The molecule has 2 atom stereocenters. The molecule has 0 spiro atoms. The number of hydrogen-bond donors (Lipinski definition) is 2. The Kier molecular flexibility index (Phi) is 10.4. The van der Waals surface area contributed by atoms with Gasteiger partial charge >= 0.3 is 6.09 Å². The number of halogens is 2. The molecule has 3 aliphatic heterocycles. The van der Waals surface area contributed by atoms with E-state index in [1.807, 2.05) is 24.3 Å². The lowest BCUT2D eigenvalue weighted by molar-refractivity contribution is -0.136. The number of rotatable bonds is 9. The summed E-state index contributed by atoms with van der Waals surface area (Å²) in [6.07, 6.45) is 5.23. The van der Waals surface area contributed by atoms with E-state index in [4.69, 9.17) is 15.2 Å². The molecule has 4 heterocycles. The maximum atomic E-state index is 13.0. The lowest BCUT2D eigenvalue weighted by atomic mass is 9.85. The molecule has 6 rings (SSSR count). The number of nitrogens with one attached hydrogen (secondary N) is 1. The average molecular weight is 653 g/mol. The number of imide groups is 1. The van der Waals surface area contributed by atoms with Crippen LogP contribution in [0.15, 0.2) is 30.5 Å². The van der Waals surface area contributed by atoms with E-state index in [0.717, 1.165) is 69.3 Å². The Balaban J connectivity index is 0.860. The number of alkyl halides is 2. The number of carbonyl (C=O) groups excluding carboxylic acids is 3. The lowest BCUT2D eigenvalue weighted by Crippen LogP contribution is -2.52. The van der Waals surface area contributed by atoms with E-state index in [-0.39, 0.29) is 42.4 Å². The van der Waals surface area contributed by atoms with E-state index in [1.54, 1.807) is 10.9 Å². The molecule has 4 aliphatic rings. The first-order valence-electron chi connectivity index (χ1n) is 16.6. The van der Waals surface area contributed by atoms with Gasteiger partial charge in [-0.2, -0.15) is 5.10 Å². The van der Waals surface area contributed by atoms with Crippen LogP contribution in [-0.2, 0) is 19.1 Å². The number of nitrogen functional groups attached to an aromatic ring is 1. The van der Waals surface area contributed by atoms with Gasteiger partial charge in [-0.05, 0) is 68.6 Å². The highest BCUT2D eigenvalue weighted by molar-refractivity contribution is 6.01. The van der Waals surface area contributed by atoms with E-state index < -0.39 is 30.6 Å². The standard InChI is InChI=1S/C34H42F2N6O5/c35-32(36)31-27(37)20-42(39-31)25-10-6-23(7-11-25)19-40-16-14-26(15-17-40)46-18-2-1-3-22-4-8-24(9-5-22)29-21-41(34(45)47-29)28-12-13-30(43)38-33(28)44/h4-5,8-9,20,23,25-26,28-29,32H,2,6-7,10-19,21,37H2,(H,38,43,44)/t23?,25?,28-,29+/m1/s1. The van der Waals surface area contributed by atoms with Crippen molar-refractivity contribution in [2.24, 2.45) is 5.92 Å². The highest BCUT2D eigenvalue weighted by Crippen LogP contribution is 2.35. The van der Waals surface area contributed by atoms with Gasteiger partial charge in [0.05, 0.1) is 31.0 Å². The molecule has 1 aromatic carbocycles. The van der Waals surface area contributed by atoms with Crippen molar-refractivity contribution in [1.29, 1.82) is 0 Å². The largest absolute Gasteiger partial charge is 0.439 e. The summed E-state index contributed by atoms with van der Waals surface area (Å²) in [5, 5.41) is 6.34. The SMILES string of the molecule is Nc1cn(C2CCC(CN3CCC(OCCC#Cc4ccc([C@@H]5CN([C@@H]6CCC(=O)NC6=O)C(=O)O5)cc4)CC3)CC2)nc1C(F)F. The van der Waals surface area contributed by atoms with Crippen LogP contribution in [0, 0.1) is 17.8 Å². The van der Waals surface area contributed by atoms with Gasteiger partial charge in [0, 0.05) is 44.2 Å². The molecule has 0 unspecified atom stereocenters. The molecule has 1 saturated carbocycles. The number of benzene rings is 1. The highest BCUT2D eigenvalue weighted by atomic mass is 19.3. The third kappa shape index (κ3) is 8.11. The van der Waals surface area contributed by atoms with Gasteiger partial charge in [0.15, 0.2) is 5.69 Å². The second-order valence-electron chi connectivity index (χ2n) is 13.0. The molecule has 0 bridgehead atoms. The first-order valence-corrected chi connectivity index (χ1v) is 16.6. The maximum Gasteiger partial charge on any atom is 0.411 e.